The predicted octanol–water partition coefficient (Wildman–Crippen LogP) is 2.16. The van der Waals surface area contributed by atoms with Crippen LogP contribution >= 0.6 is 0 Å². The molecule has 1 N–H and O–H groups in total. The van der Waals surface area contributed by atoms with Crippen molar-refractivity contribution in [2.24, 2.45) is 0 Å². The number of aliphatic hydroxyl groups excluding tert-OH is 1. The van der Waals surface area contributed by atoms with Crippen LogP contribution in [0.5, 0.6) is 0 Å². The maximum absolute atomic E-state index is 7.00. The normalized spacial score (nSPS) is 8.00. The molecule has 1 aromatic carbocycles. The van der Waals surface area contributed by atoms with Gasteiger partial charge in [0.15, 0.2) is 0 Å². The van der Waals surface area contributed by atoms with Gasteiger partial charge in [0.25, 0.3) is 0 Å². The smallest absolute Gasteiger partial charge is 0.0319 e. The molecule has 0 atom stereocenters. The zero-order valence-electron chi connectivity index (χ0n) is 6.76. The van der Waals surface area contributed by atoms with E-state index >= 15 is 0 Å². The van der Waals surface area contributed by atoms with Gasteiger partial charge in [-0.2, -0.15) is 0 Å². The summed E-state index contributed by atoms with van der Waals surface area (Å²) in [7, 11) is 1.00. The molecule has 0 spiro atoms. The Bertz CT molecular complexity index is 166. The van der Waals surface area contributed by atoms with Gasteiger partial charge >= 0.3 is 0 Å². The fraction of sp³-hybridized carbons (Fsp3) is 0.333. The first-order valence-corrected chi connectivity index (χ1v) is 3.27. The summed E-state index contributed by atoms with van der Waals surface area (Å²) in [6, 6.07) is 8.36. The molecule has 1 rings (SSSR count). The molecule has 0 saturated carbocycles. The van der Waals surface area contributed by atoms with E-state index in [-0.39, 0.29) is 1.43 Å². The van der Waals surface area contributed by atoms with Crippen molar-refractivity contribution < 1.29 is 6.53 Å². The molecule has 1 nitrogen and oxygen atoms in total. The minimum Gasteiger partial charge on any atom is -0.400 e. The van der Waals surface area contributed by atoms with E-state index < -0.39 is 0 Å². The lowest BCUT2D eigenvalue weighted by atomic mass is 10.1. The van der Waals surface area contributed by atoms with Gasteiger partial charge in [-0.25, -0.2) is 0 Å². The molecule has 0 radical (unpaired) electrons. The summed E-state index contributed by atoms with van der Waals surface area (Å²) in [4.78, 5) is 0. The molecule has 0 unspecified atom stereocenters. The number of rotatable bonds is 0. The number of benzene rings is 1. The van der Waals surface area contributed by atoms with Crippen LogP contribution in [0.2, 0.25) is 0 Å². The Morgan fingerprint density at radius 3 is 1.50 bits per heavy atom. The van der Waals surface area contributed by atoms with E-state index in [4.69, 9.17) is 5.11 Å². The Labute approximate surface area is 63.8 Å². The van der Waals surface area contributed by atoms with Crippen molar-refractivity contribution in [2.75, 3.05) is 7.11 Å². The van der Waals surface area contributed by atoms with Gasteiger partial charge in [0.05, 0.1) is 0 Å². The topological polar surface area (TPSA) is 20.2 Å². The van der Waals surface area contributed by atoms with Gasteiger partial charge in [-0.3, -0.25) is 0 Å². The van der Waals surface area contributed by atoms with Crippen LogP contribution in [0.15, 0.2) is 24.3 Å². The van der Waals surface area contributed by atoms with E-state index in [1.165, 1.54) is 11.1 Å². The van der Waals surface area contributed by atoms with Crippen LogP contribution in [0.3, 0.4) is 0 Å². The van der Waals surface area contributed by atoms with Crippen molar-refractivity contribution in [2.45, 2.75) is 13.8 Å². The molecule has 0 amide bonds. The van der Waals surface area contributed by atoms with E-state index in [1.54, 1.807) is 0 Å². The zero-order chi connectivity index (χ0) is 7.98. The second-order valence-corrected chi connectivity index (χ2v) is 2.08. The molecule has 0 aliphatic rings. The Hall–Kier alpha value is -0.820. The molecule has 0 aliphatic carbocycles. The van der Waals surface area contributed by atoms with Crippen LogP contribution in [-0.4, -0.2) is 12.2 Å². The summed E-state index contributed by atoms with van der Waals surface area (Å²) < 4.78 is 0. The van der Waals surface area contributed by atoms with Crippen LogP contribution < -0.4 is 0 Å². The SMILES string of the molecule is CO.Cc1ccccc1C.[HH]. The fourth-order valence-corrected chi connectivity index (χ4v) is 0.663. The molecule has 0 aliphatic heterocycles. The maximum Gasteiger partial charge on any atom is 0.0319 e. The van der Waals surface area contributed by atoms with Gasteiger partial charge in [-0.05, 0) is 25.0 Å². The fourth-order valence-electron chi connectivity index (χ4n) is 0.663. The third-order valence-electron chi connectivity index (χ3n) is 1.43. The summed E-state index contributed by atoms with van der Waals surface area (Å²) >= 11 is 0. The van der Waals surface area contributed by atoms with Crippen LogP contribution in [0.4, 0.5) is 0 Å². The zero-order valence-corrected chi connectivity index (χ0v) is 6.76. The molecule has 0 aromatic heterocycles. The third kappa shape index (κ3) is 2.65. The monoisotopic (exact) mass is 140 g/mol. The van der Waals surface area contributed by atoms with Crippen molar-refractivity contribution in [3.05, 3.63) is 35.4 Å². The second-order valence-electron chi connectivity index (χ2n) is 2.08. The Morgan fingerprint density at radius 1 is 1.00 bits per heavy atom. The third-order valence-corrected chi connectivity index (χ3v) is 1.43. The summed E-state index contributed by atoms with van der Waals surface area (Å²) in [5.41, 5.74) is 2.74. The van der Waals surface area contributed by atoms with Crippen LogP contribution in [0.1, 0.15) is 12.6 Å². The Kier molecular flexibility index (Phi) is 4.59. The Morgan fingerprint density at radius 2 is 1.30 bits per heavy atom. The molecule has 0 bridgehead atoms. The van der Waals surface area contributed by atoms with Crippen molar-refractivity contribution in [1.29, 1.82) is 0 Å². The largest absolute Gasteiger partial charge is 0.400 e. The average molecular weight is 140 g/mol. The minimum absolute atomic E-state index is 0. The molecular formula is C9H16O. The highest BCUT2D eigenvalue weighted by Crippen LogP contribution is 2.02. The lowest BCUT2D eigenvalue weighted by molar-refractivity contribution is 0.399. The van der Waals surface area contributed by atoms with Crippen LogP contribution in [-0.2, 0) is 0 Å². The first-order chi connectivity index (χ1) is 4.80. The molecule has 1 aromatic rings. The lowest BCUT2D eigenvalue weighted by Gasteiger charge is -1.93. The van der Waals surface area contributed by atoms with Crippen molar-refractivity contribution in [3.8, 4) is 0 Å². The van der Waals surface area contributed by atoms with Crippen molar-refractivity contribution >= 4 is 0 Å². The standard InChI is InChI=1S/C8H10.CH4O.H2/c1-7-5-3-4-6-8(7)2;1-2;/h3-6H,1-2H3;2H,1H3;1H. The van der Waals surface area contributed by atoms with Gasteiger partial charge in [0.2, 0.25) is 0 Å². The molecule has 0 saturated heterocycles. The van der Waals surface area contributed by atoms with Crippen molar-refractivity contribution in [3.63, 3.8) is 0 Å². The highest BCUT2D eigenvalue weighted by molar-refractivity contribution is 5.23. The number of aliphatic hydroxyl groups is 1. The van der Waals surface area contributed by atoms with E-state index in [0.717, 1.165) is 7.11 Å². The maximum atomic E-state index is 7.00. The van der Waals surface area contributed by atoms with Gasteiger partial charge in [-0.1, -0.05) is 24.3 Å². The number of hydrogen-bond acceptors (Lipinski definition) is 1. The van der Waals surface area contributed by atoms with Gasteiger partial charge in [-0.15, -0.1) is 0 Å². The molecule has 10 heavy (non-hydrogen) atoms. The quantitative estimate of drug-likeness (QED) is 0.585. The van der Waals surface area contributed by atoms with Crippen LogP contribution in [0, 0.1) is 13.8 Å². The van der Waals surface area contributed by atoms with E-state index in [9.17, 15) is 0 Å². The molecule has 58 valence electrons. The summed E-state index contributed by atoms with van der Waals surface area (Å²) in [6.07, 6.45) is 0. The first-order valence-electron chi connectivity index (χ1n) is 3.27. The van der Waals surface area contributed by atoms with Gasteiger partial charge in [0, 0.05) is 8.54 Å². The number of aryl methyl sites for hydroxylation is 2. The summed E-state index contributed by atoms with van der Waals surface area (Å²) in [5.74, 6) is 0. The highest BCUT2D eigenvalue weighted by atomic mass is 16.2. The number of hydrogen-bond donors (Lipinski definition) is 1. The highest BCUT2D eigenvalue weighted by Gasteiger charge is 1.83. The summed E-state index contributed by atoms with van der Waals surface area (Å²) in [5, 5.41) is 7.00. The van der Waals surface area contributed by atoms with E-state index in [0.29, 0.717) is 0 Å². The van der Waals surface area contributed by atoms with E-state index in [2.05, 4.69) is 38.1 Å². The van der Waals surface area contributed by atoms with Crippen LogP contribution in [0.25, 0.3) is 0 Å². The van der Waals surface area contributed by atoms with Gasteiger partial charge < -0.3 is 5.11 Å². The molecule has 0 fully saturated rings. The van der Waals surface area contributed by atoms with Gasteiger partial charge in [0.1, 0.15) is 0 Å². The molecule has 1 heteroatoms. The Balaban J connectivity index is 0. The van der Waals surface area contributed by atoms with E-state index in [1.807, 2.05) is 0 Å². The summed E-state index contributed by atoms with van der Waals surface area (Å²) in [6.45, 7) is 4.24. The predicted molar refractivity (Wildman–Crippen MR) is 46.2 cm³/mol. The van der Waals surface area contributed by atoms with Crippen molar-refractivity contribution in [1.82, 2.24) is 0 Å². The minimum atomic E-state index is 0. The molecule has 0 heterocycles. The second kappa shape index (κ2) is 5.00. The molecular weight excluding hydrogens is 124 g/mol. The first kappa shape index (κ1) is 9.18. The lowest BCUT2D eigenvalue weighted by Crippen LogP contribution is -1.74. The average Bonchev–Trinajstić information content (AvgIpc) is 2.00.